The molecule has 0 aliphatic heterocycles. The predicted octanol–water partition coefficient (Wildman–Crippen LogP) is 2.71. The zero-order chi connectivity index (χ0) is 12.8. The zero-order valence-corrected chi connectivity index (χ0v) is 10.5. The van der Waals surface area contributed by atoms with Crippen molar-refractivity contribution in [3.05, 3.63) is 48.3 Å². The van der Waals surface area contributed by atoms with Crippen LogP contribution >= 0.6 is 0 Å². The standard InChI is InChI=1S/C14H16N2O2/c1-17-13-6-12(7-14(8-13)18-2)16-10-11-4-3-5-15-9-11/h3-9,16H,10H2,1-2H3. The lowest BCUT2D eigenvalue weighted by molar-refractivity contribution is 0.394. The van der Waals surface area contributed by atoms with Crippen molar-refractivity contribution in [2.24, 2.45) is 0 Å². The van der Waals surface area contributed by atoms with Gasteiger partial charge in [0.05, 0.1) is 14.2 Å². The van der Waals surface area contributed by atoms with E-state index in [-0.39, 0.29) is 0 Å². The maximum Gasteiger partial charge on any atom is 0.124 e. The number of aromatic nitrogens is 1. The lowest BCUT2D eigenvalue weighted by atomic mass is 10.2. The summed E-state index contributed by atoms with van der Waals surface area (Å²) in [7, 11) is 3.28. The number of hydrogen-bond acceptors (Lipinski definition) is 4. The van der Waals surface area contributed by atoms with Gasteiger partial charge in [-0.2, -0.15) is 0 Å². The van der Waals surface area contributed by atoms with Gasteiger partial charge in [0.1, 0.15) is 11.5 Å². The second-order valence-electron chi connectivity index (χ2n) is 3.82. The molecule has 1 aromatic carbocycles. The number of nitrogens with zero attached hydrogens (tertiary/aromatic N) is 1. The Bertz CT molecular complexity index is 478. The van der Waals surface area contributed by atoms with E-state index in [1.54, 1.807) is 20.4 Å². The topological polar surface area (TPSA) is 43.4 Å². The molecule has 0 saturated carbocycles. The molecule has 0 unspecified atom stereocenters. The monoisotopic (exact) mass is 244 g/mol. The van der Waals surface area contributed by atoms with Gasteiger partial charge in [-0.25, -0.2) is 0 Å². The summed E-state index contributed by atoms with van der Waals surface area (Å²) in [6.07, 6.45) is 3.60. The fraction of sp³-hybridized carbons (Fsp3) is 0.214. The Balaban J connectivity index is 2.09. The Morgan fingerprint density at radius 2 is 1.83 bits per heavy atom. The van der Waals surface area contributed by atoms with Crippen LogP contribution in [0.15, 0.2) is 42.7 Å². The highest BCUT2D eigenvalue weighted by Crippen LogP contribution is 2.25. The molecule has 0 spiro atoms. The van der Waals surface area contributed by atoms with Crippen LogP contribution in [0.2, 0.25) is 0 Å². The molecule has 1 aromatic heterocycles. The Morgan fingerprint density at radius 1 is 1.11 bits per heavy atom. The van der Waals surface area contributed by atoms with E-state index in [1.165, 1.54) is 0 Å². The average molecular weight is 244 g/mol. The van der Waals surface area contributed by atoms with Gasteiger partial charge < -0.3 is 14.8 Å². The van der Waals surface area contributed by atoms with Crippen molar-refractivity contribution >= 4 is 5.69 Å². The van der Waals surface area contributed by atoms with Crippen LogP contribution in [0.25, 0.3) is 0 Å². The molecular weight excluding hydrogens is 228 g/mol. The molecule has 4 nitrogen and oxygen atoms in total. The molecule has 94 valence electrons. The van der Waals surface area contributed by atoms with E-state index in [1.807, 2.05) is 36.5 Å². The first kappa shape index (κ1) is 12.2. The van der Waals surface area contributed by atoms with Crippen molar-refractivity contribution in [3.63, 3.8) is 0 Å². The number of nitrogens with one attached hydrogen (secondary N) is 1. The van der Waals surface area contributed by atoms with Crippen LogP contribution in [-0.2, 0) is 6.54 Å². The van der Waals surface area contributed by atoms with E-state index < -0.39 is 0 Å². The van der Waals surface area contributed by atoms with Gasteiger partial charge in [0.2, 0.25) is 0 Å². The molecule has 0 amide bonds. The molecule has 0 radical (unpaired) electrons. The molecule has 18 heavy (non-hydrogen) atoms. The third-order valence-electron chi connectivity index (χ3n) is 2.57. The highest BCUT2D eigenvalue weighted by Gasteiger charge is 2.01. The first-order valence-corrected chi connectivity index (χ1v) is 5.67. The third kappa shape index (κ3) is 3.13. The fourth-order valence-electron chi connectivity index (χ4n) is 1.62. The summed E-state index contributed by atoms with van der Waals surface area (Å²) in [5.74, 6) is 1.53. The van der Waals surface area contributed by atoms with E-state index in [0.717, 1.165) is 22.7 Å². The Hall–Kier alpha value is -2.23. The first-order valence-electron chi connectivity index (χ1n) is 5.67. The molecule has 0 aliphatic carbocycles. The van der Waals surface area contributed by atoms with Gasteiger partial charge in [-0.3, -0.25) is 4.98 Å². The number of pyridine rings is 1. The van der Waals surface area contributed by atoms with Crippen molar-refractivity contribution in [3.8, 4) is 11.5 Å². The minimum Gasteiger partial charge on any atom is -0.497 e. The normalized spacial score (nSPS) is 9.89. The van der Waals surface area contributed by atoms with Gasteiger partial charge >= 0.3 is 0 Å². The SMILES string of the molecule is COc1cc(NCc2cccnc2)cc(OC)c1. The third-order valence-corrected chi connectivity index (χ3v) is 2.57. The van der Waals surface area contributed by atoms with Crippen molar-refractivity contribution in [1.29, 1.82) is 0 Å². The molecule has 4 heteroatoms. The minimum absolute atomic E-state index is 0.712. The fourth-order valence-corrected chi connectivity index (χ4v) is 1.62. The molecule has 2 rings (SSSR count). The van der Waals surface area contributed by atoms with E-state index in [9.17, 15) is 0 Å². The summed E-state index contributed by atoms with van der Waals surface area (Å²) in [6, 6.07) is 9.65. The smallest absolute Gasteiger partial charge is 0.124 e. The first-order chi connectivity index (χ1) is 8.81. The van der Waals surface area contributed by atoms with Crippen LogP contribution < -0.4 is 14.8 Å². The van der Waals surface area contributed by atoms with Crippen molar-refractivity contribution in [2.75, 3.05) is 19.5 Å². The highest BCUT2D eigenvalue weighted by atomic mass is 16.5. The number of methoxy groups -OCH3 is 2. The van der Waals surface area contributed by atoms with Gasteiger partial charge in [0.25, 0.3) is 0 Å². The second kappa shape index (κ2) is 5.91. The number of hydrogen-bond donors (Lipinski definition) is 1. The van der Waals surface area contributed by atoms with Gasteiger partial charge in [-0.15, -0.1) is 0 Å². The Kier molecular flexibility index (Phi) is 4.02. The Morgan fingerprint density at radius 3 is 2.39 bits per heavy atom. The van der Waals surface area contributed by atoms with E-state index in [4.69, 9.17) is 9.47 Å². The number of rotatable bonds is 5. The number of anilines is 1. The van der Waals surface area contributed by atoms with Crippen molar-refractivity contribution in [1.82, 2.24) is 4.98 Å². The molecule has 1 heterocycles. The molecule has 0 fully saturated rings. The molecule has 2 aromatic rings. The molecule has 0 atom stereocenters. The number of ether oxygens (including phenoxy) is 2. The van der Waals surface area contributed by atoms with E-state index in [2.05, 4.69) is 10.3 Å². The van der Waals surface area contributed by atoms with Crippen LogP contribution in [-0.4, -0.2) is 19.2 Å². The molecule has 1 N–H and O–H groups in total. The van der Waals surface area contributed by atoms with E-state index >= 15 is 0 Å². The molecule has 0 aliphatic rings. The van der Waals surface area contributed by atoms with Crippen LogP contribution in [0.3, 0.4) is 0 Å². The highest BCUT2D eigenvalue weighted by molar-refractivity contribution is 5.53. The van der Waals surface area contributed by atoms with Gasteiger partial charge in [-0.1, -0.05) is 6.07 Å². The zero-order valence-electron chi connectivity index (χ0n) is 10.5. The quantitative estimate of drug-likeness (QED) is 0.878. The second-order valence-corrected chi connectivity index (χ2v) is 3.82. The lowest BCUT2D eigenvalue weighted by Crippen LogP contribution is -2.00. The average Bonchev–Trinajstić information content (AvgIpc) is 2.45. The molecular formula is C14H16N2O2. The van der Waals surface area contributed by atoms with Gasteiger partial charge in [-0.05, 0) is 11.6 Å². The van der Waals surface area contributed by atoms with Crippen LogP contribution in [0.1, 0.15) is 5.56 Å². The maximum absolute atomic E-state index is 5.22. The van der Waals surface area contributed by atoms with Crippen LogP contribution in [0, 0.1) is 0 Å². The lowest BCUT2D eigenvalue weighted by Gasteiger charge is -2.10. The van der Waals surface area contributed by atoms with Crippen LogP contribution in [0.4, 0.5) is 5.69 Å². The molecule has 0 bridgehead atoms. The molecule has 0 saturated heterocycles. The summed E-state index contributed by atoms with van der Waals surface area (Å²) in [5, 5.41) is 3.31. The van der Waals surface area contributed by atoms with E-state index in [0.29, 0.717) is 6.54 Å². The summed E-state index contributed by atoms with van der Waals surface area (Å²) >= 11 is 0. The summed E-state index contributed by atoms with van der Waals surface area (Å²) in [5.41, 5.74) is 2.08. The van der Waals surface area contributed by atoms with Crippen molar-refractivity contribution < 1.29 is 9.47 Å². The summed E-state index contributed by atoms with van der Waals surface area (Å²) in [4.78, 5) is 4.08. The maximum atomic E-state index is 5.22. The van der Waals surface area contributed by atoms with Crippen molar-refractivity contribution in [2.45, 2.75) is 6.54 Å². The predicted molar refractivity (Wildman–Crippen MR) is 71.1 cm³/mol. The summed E-state index contributed by atoms with van der Waals surface area (Å²) < 4.78 is 10.4. The van der Waals surface area contributed by atoms with Crippen LogP contribution in [0.5, 0.6) is 11.5 Å². The summed E-state index contributed by atoms with van der Waals surface area (Å²) in [6.45, 7) is 0.712. The largest absolute Gasteiger partial charge is 0.497 e. The van der Waals surface area contributed by atoms with Gasteiger partial charge in [0.15, 0.2) is 0 Å². The number of benzene rings is 1. The van der Waals surface area contributed by atoms with Gasteiger partial charge in [0, 0.05) is 42.8 Å². The Labute approximate surface area is 107 Å². The minimum atomic E-state index is 0.712.